The molecule has 1 aliphatic heterocycles. The fourth-order valence-corrected chi connectivity index (χ4v) is 2.25. The Morgan fingerprint density at radius 1 is 1.33 bits per heavy atom. The summed E-state index contributed by atoms with van der Waals surface area (Å²) in [6, 6.07) is 2.43. The number of amides is 1. The largest absolute Gasteiger partial charge is 0.479 e. The van der Waals surface area contributed by atoms with Crippen LogP contribution in [-0.4, -0.2) is 29.2 Å². The molecule has 114 valence electrons. The summed E-state index contributed by atoms with van der Waals surface area (Å²) in [6.45, 7) is 1.55. The van der Waals surface area contributed by atoms with E-state index in [9.17, 15) is 18.4 Å². The van der Waals surface area contributed by atoms with Crippen LogP contribution in [0.5, 0.6) is 0 Å². The molecule has 1 saturated heterocycles. The molecule has 1 fully saturated rings. The van der Waals surface area contributed by atoms with E-state index in [0.29, 0.717) is 6.42 Å². The van der Waals surface area contributed by atoms with Crippen LogP contribution in [0.2, 0.25) is 0 Å². The van der Waals surface area contributed by atoms with Crippen molar-refractivity contribution >= 4 is 11.9 Å². The molecule has 1 heterocycles. The van der Waals surface area contributed by atoms with Crippen LogP contribution in [0.15, 0.2) is 18.2 Å². The first-order valence-electron chi connectivity index (χ1n) is 6.52. The molecule has 0 bridgehead atoms. The second-order valence-electron chi connectivity index (χ2n) is 4.93. The van der Waals surface area contributed by atoms with Crippen LogP contribution in [-0.2, 0) is 14.3 Å². The van der Waals surface area contributed by atoms with Crippen molar-refractivity contribution in [2.75, 3.05) is 0 Å². The number of carboxylic acid groups (broad SMARTS) is 1. The number of rotatable bonds is 4. The number of carbonyl (C=O) groups is 2. The minimum absolute atomic E-state index is 0.150. The topological polar surface area (TPSA) is 75.6 Å². The molecular formula is C14H15F2NO4. The molecule has 1 aliphatic rings. The van der Waals surface area contributed by atoms with E-state index < -0.39 is 41.8 Å². The maximum atomic E-state index is 13.6. The Morgan fingerprint density at radius 2 is 2.00 bits per heavy atom. The number of hydrogen-bond donors (Lipinski definition) is 2. The highest BCUT2D eigenvalue weighted by Gasteiger charge is 2.35. The molecule has 0 saturated carbocycles. The number of halogens is 2. The highest BCUT2D eigenvalue weighted by Crippen LogP contribution is 2.22. The molecule has 0 aromatic heterocycles. The Kier molecular flexibility index (Phi) is 4.52. The SMILES string of the molecule is CC(NC(=O)C1CCC(C(=O)O)O1)c1ccc(F)cc1F. The highest BCUT2D eigenvalue weighted by molar-refractivity contribution is 5.83. The van der Waals surface area contributed by atoms with Crippen LogP contribution in [0.25, 0.3) is 0 Å². The summed E-state index contributed by atoms with van der Waals surface area (Å²) in [5.41, 5.74) is 0.150. The first kappa shape index (κ1) is 15.4. The predicted octanol–water partition coefficient (Wildman–Crippen LogP) is 1.77. The van der Waals surface area contributed by atoms with Crippen molar-refractivity contribution in [2.24, 2.45) is 0 Å². The summed E-state index contributed by atoms with van der Waals surface area (Å²) in [5.74, 6) is -3.06. The van der Waals surface area contributed by atoms with Crippen molar-refractivity contribution in [3.8, 4) is 0 Å². The number of nitrogens with one attached hydrogen (secondary N) is 1. The summed E-state index contributed by atoms with van der Waals surface area (Å²) < 4.78 is 31.5. The van der Waals surface area contributed by atoms with E-state index in [0.717, 1.165) is 12.1 Å². The van der Waals surface area contributed by atoms with Crippen LogP contribution >= 0.6 is 0 Å². The number of carbonyl (C=O) groups excluding carboxylic acids is 1. The van der Waals surface area contributed by atoms with Gasteiger partial charge in [0.25, 0.3) is 0 Å². The molecular weight excluding hydrogens is 284 g/mol. The van der Waals surface area contributed by atoms with Gasteiger partial charge in [-0.1, -0.05) is 6.07 Å². The summed E-state index contributed by atoms with van der Waals surface area (Å²) in [6.07, 6.45) is -1.30. The van der Waals surface area contributed by atoms with Gasteiger partial charge in [-0.25, -0.2) is 13.6 Å². The molecule has 0 aliphatic carbocycles. The van der Waals surface area contributed by atoms with E-state index in [1.807, 2.05) is 0 Å². The van der Waals surface area contributed by atoms with E-state index in [1.165, 1.54) is 6.07 Å². The van der Waals surface area contributed by atoms with Gasteiger partial charge in [0, 0.05) is 11.6 Å². The van der Waals surface area contributed by atoms with Gasteiger partial charge in [0.15, 0.2) is 6.10 Å². The van der Waals surface area contributed by atoms with Crippen molar-refractivity contribution < 1.29 is 28.2 Å². The fourth-order valence-electron chi connectivity index (χ4n) is 2.25. The fraction of sp³-hybridized carbons (Fsp3) is 0.429. The molecule has 3 atom stereocenters. The van der Waals surface area contributed by atoms with Gasteiger partial charge in [-0.05, 0) is 25.8 Å². The molecule has 1 aromatic rings. The third-order valence-corrected chi connectivity index (χ3v) is 3.38. The Morgan fingerprint density at radius 3 is 2.57 bits per heavy atom. The zero-order chi connectivity index (χ0) is 15.6. The molecule has 0 radical (unpaired) electrons. The summed E-state index contributed by atoms with van der Waals surface area (Å²) in [4.78, 5) is 22.7. The second kappa shape index (κ2) is 6.17. The van der Waals surface area contributed by atoms with E-state index >= 15 is 0 Å². The molecule has 7 heteroatoms. The van der Waals surface area contributed by atoms with Crippen molar-refractivity contribution in [1.29, 1.82) is 0 Å². The first-order valence-corrected chi connectivity index (χ1v) is 6.52. The minimum Gasteiger partial charge on any atom is -0.479 e. The third kappa shape index (κ3) is 3.55. The van der Waals surface area contributed by atoms with Crippen molar-refractivity contribution in [1.82, 2.24) is 5.32 Å². The number of benzene rings is 1. The average Bonchev–Trinajstić information content (AvgIpc) is 2.88. The van der Waals surface area contributed by atoms with Gasteiger partial charge in [0.1, 0.15) is 17.7 Å². The van der Waals surface area contributed by atoms with Crippen LogP contribution in [0, 0.1) is 11.6 Å². The summed E-state index contributed by atoms with van der Waals surface area (Å²) in [5, 5.41) is 11.3. The lowest BCUT2D eigenvalue weighted by atomic mass is 10.1. The minimum atomic E-state index is -1.11. The van der Waals surface area contributed by atoms with Gasteiger partial charge < -0.3 is 15.2 Å². The van der Waals surface area contributed by atoms with Crippen LogP contribution < -0.4 is 5.32 Å². The maximum Gasteiger partial charge on any atom is 0.332 e. The van der Waals surface area contributed by atoms with Crippen molar-refractivity contribution in [3.05, 3.63) is 35.4 Å². The molecule has 1 amide bonds. The third-order valence-electron chi connectivity index (χ3n) is 3.38. The van der Waals surface area contributed by atoms with Crippen LogP contribution in [0.3, 0.4) is 0 Å². The van der Waals surface area contributed by atoms with Crippen LogP contribution in [0.1, 0.15) is 31.4 Å². The van der Waals surface area contributed by atoms with Gasteiger partial charge >= 0.3 is 5.97 Å². The molecule has 1 aromatic carbocycles. The lowest BCUT2D eigenvalue weighted by molar-refractivity contribution is -0.151. The maximum absolute atomic E-state index is 13.6. The Bertz CT molecular complexity index is 564. The summed E-state index contributed by atoms with van der Waals surface area (Å²) >= 11 is 0. The smallest absolute Gasteiger partial charge is 0.332 e. The molecule has 2 rings (SSSR count). The van der Waals surface area contributed by atoms with Gasteiger partial charge in [0.2, 0.25) is 5.91 Å². The summed E-state index contributed by atoms with van der Waals surface area (Å²) in [7, 11) is 0. The Hall–Kier alpha value is -2.02. The number of hydrogen-bond acceptors (Lipinski definition) is 3. The quantitative estimate of drug-likeness (QED) is 0.888. The Balaban J connectivity index is 1.98. The predicted molar refractivity (Wildman–Crippen MR) is 68.4 cm³/mol. The zero-order valence-corrected chi connectivity index (χ0v) is 11.3. The first-order chi connectivity index (χ1) is 9.88. The monoisotopic (exact) mass is 299 g/mol. The molecule has 0 spiro atoms. The van der Waals surface area contributed by atoms with Crippen LogP contribution in [0.4, 0.5) is 8.78 Å². The Labute approximate surface area is 119 Å². The van der Waals surface area contributed by atoms with E-state index in [-0.39, 0.29) is 12.0 Å². The van der Waals surface area contributed by atoms with Crippen molar-refractivity contribution in [3.63, 3.8) is 0 Å². The average molecular weight is 299 g/mol. The molecule has 2 N–H and O–H groups in total. The standard InChI is InChI=1S/C14H15F2NO4/c1-7(9-3-2-8(15)6-10(9)16)17-13(18)11-4-5-12(21-11)14(19)20/h2-3,6-7,11-12H,4-5H2,1H3,(H,17,18)(H,19,20). The normalized spacial score (nSPS) is 22.8. The number of carboxylic acids is 1. The molecule has 3 unspecified atom stereocenters. The van der Waals surface area contributed by atoms with Gasteiger partial charge in [-0.15, -0.1) is 0 Å². The number of ether oxygens (including phenoxy) is 1. The second-order valence-corrected chi connectivity index (χ2v) is 4.93. The lowest BCUT2D eigenvalue weighted by Crippen LogP contribution is -2.37. The number of aliphatic carboxylic acids is 1. The van der Waals surface area contributed by atoms with E-state index in [2.05, 4.69) is 5.32 Å². The van der Waals surface area contributed by atoms with Gasteiger partial charge in [-0.2, -0.15) is 0 Å². The highest BCUT2D eigenvalue weighted by atomic mass is 19.1. The molecule has 5 nitrogen and oxygen atoms in total. The zero-order valence-electron chi connectivity index (χ0n) is 11.3. The van der Waals surface area contributed by atoms with Crippen molar-refractivity contribution in [2.45, 2.75) is 38.0 Å². The lowest BCUT2D eigenvalue weighted by Gasteiger charge is -2.18. The van der Waals surface area contributed by atoms with Gasteiger partial charge in [0.05, 0.1) is 6.04 Å². The van der Waals surface area contributed by atoms with Gasteiger partial charge in [-0.3, -0.25) is 4.79 Å². The van der Waals surface area contributed by atoms with E-state index in [1.54, 1.807) is 6.92 Å². The molecule has 21 heavy (non-hydrogen) atoms. The van der Waals surface area contributed by atoms with E-state index in [4.69, 9.17) is 9.84 Å².